The van der Waals surface area contributed by atoms with Crippen LogP contribution < -0.4 is 11.1 Å². The lowest BCUT2D eigenvalue weighted by atomic mass is 10.1. The predicted molar refractivity (Wildman–Crippen MR) is 100 cm³/mol. The van der Waals surface area contributed by atoms with Crippen LogP contribution in [0.15, 0.2) is 53.9 Å². The summed E-state index contributed by atoms with van der Waals surface area (Å²) >= 11 is 1.17. The molecule has 0 aliphatic carbocycles. The maximum Gasteiger partial charge on any atom is 0.338 e. The number of primary amides is 1. The number of benzene rings is 2. The Labute approximate surface area is 153 Å². The van der Waals surface area contributed by atoms with E-state index in [1.54, 1.807) is 17.5 Å². The van der Waals surface area contributed by atoms with Crippen molar-refractivity contribution < 1.29 is 19.1 Å². The van der Waals surface area contributed by atoms with Gasteiger partial charge in [-0.2, -0.15) is 0 Å². The van der Waals surface area contributed by atoms with E-state index < -0.39 is 23.9 Å². The van der Waals surface area contributed by atoms with Crippen molar-refractivity contribution in [1.29, 1.82) is 0 Å². The van der Waals surface area contributed by atoms with Crippen LogP contribution in [-0.4, -0.2) is 23.9 Å². The van der Waals surface area contributed by atoms with Crippen LogP contribution in [0.5, 0.6) is 0 Å². The summed E-state index contributed by atoms with van der Waals surface area (Å²) in [7, 11) is 0. The highest BCUT2D eigenvalue weighted by atomic mass is 32.1. The first kappa shape index (κ1) is 17.6. The summed E-state index contributed by atoms with van der Waals surface area (Å²) in [6, 6.07) is 14.3. The molecule has 1 aromatic heterocycles. The highest BCUT2D eigenvalue weighted by Crippen LogP contribution is 2.23. The van der Waals surface area contributed by atoms with Crippen molar-refractivity contribution in [2.45, 2.75) is 13.0 Å². The fraction of sp³-hybridized carbons (Fsp3) is 0.105. The number of nitrogens with one attached hydrogen (secondary N) is 1. The van der Waals surface area contributed by atoms with Crippen molar-refractivity contribution in [3.63, 3.8) is 0 Å². The minimum Gasteiger partial charge on any atom is -0.449 e. The number of anilines is 1. The van der Waals surface area contributed by atoms with E-state index in [-0.39, 0.29) is 5.56 Å². The molecule has 0 radical (unpaired) electrons. The number of nitrogens with two attached hydrogens (primary N) is 1. The lowest BCUT2D eigenvalue weighted by molar-refractivity contribution is -0.123. The van der Waals surface area contributed by atoms with Crippen LogP contribution >= 0.6 is 11.3 Å². The van der Waals surface area contributed by atoms with E-state index in [2.05, 4.69) is 5.32 Å². The quantitative estimate of drug-likeness (QED) is 0.676. The molecular weight excluding hydrogens is 352 g/mol. The van der Waals surface area contributed by atoms with Gasteiger partial charge in [-0.3, -0.25) is 9.59 Å². The number of thiophene rings is 1. The van der Waals surface area contributed by atoms with Gasteiger partial charge in [-0.1, -0.05) is 30.3 Å². The molecule has 0 spiro atoms. The molecule has 132 valence electrons. The van der Waals surface area contributed by atoms with Crippen molar-refractivity contribution in [2.75, 3.05) is 5.32 Å². The average molecular weight is 368 g/mol. The topological polar surface area (TPSA) is 98.5 Å². The van der Waals surface area contributed by atoms with E-state index in [0.29, 0.717) is 10.6 Å². The number of carbonyl (C=O) groups excluding carboxylic acids is 3. The summed E-state index contributed by atoms with van der Waals surface area (Å²) in [5.41, 5.74) is 5.82. The van der Waals surface area contributed by atoms with Gasteiger partial charge in [-0.15, -0.1) is 11.3 Å². The van der Waals surface area contributed by atoms with Crippen LogP contribution in [0.25, 0.3) is 10.8 Å². The highest BCUT2D eigenvalue weighted by molar-refractivity contribution is 7.14. The van der Waals surface area contributed by atoms with E-state index >= 15 is 0 Å². The molecule has 26 heavy (non-hydrogen) atoms. The minimum absolute atomic E-state index is 0.219. The summed E-state index contributed by atoms with van der Waals surface area (Å²) in [6.45, 7) is 1.46. The molecule has 2 amide bonds. The van der Waals surface area contributed by atoms with Gasteiger partial charge < -0.3 is 15.8 Å². The highest BCUT2D eigenvalue weighted by Gasteiger charge is 2.21. The Morgan fingerprint density at radius 3 is 2.54 bits per heavy atom. The van der Waals surface area contributed by atoms with Crippen LogP contribution in [-0.2, 0) is 9.53 Å². The van der Waals surface area contributed by atoms with E-state index in [4.69, 9.17) is 10.5 Å². The molecule has 1 heterocycles. The zero-order chi connectivity index (χ0) is 18.7. The lowest BCUT2D eigenvalue weighted by Gasteiger charge is -2.13. The van der Waals surface area contributed by atoms with Gasteiger partial charge in [0.2, 0.25) is 0 Å². The van der Waals surface area contributed by atoms with Crippen LogP contribution in [0, 0.1) is 0 Å². The van der Waals surface area contributed by atoms with Crippen LogP contribution in [0.3, 0.4) is 0 Å². The monoisotopic (exact) mass is 368 g/mol. The largest absolute Gasteiger partial charge is 0.449 e. The number of rotatable bonds is 5. The molecule has 3 N–H and O–H groups in total. The SMILES string of the molecule is C[C@@H](OC(=O)c1ccc2ccccc2c1)C(=O)Nc1sccc1C(N)=O. The third-order valence-electron chi connectivity index (χ3n) is 3.81. The van der Waals surface area contributed by atoms with Gasteiger partial charge in [0.15, 0.2) is 6.10 Å². The lowest BCUT2D eigenvalue weighted by Crippen LogP contribution is -2.30. The molecule has 3 rings (SSSR count). The molecule has 0 fully saturated rings. The van der Waals surface area contributed by atoms with E-state index in [1.165, 1.54) is 24.3 Å². The second kappa shape index (κ2) is 7.37. The van der Waals surface area contributed by atoms with Gasteiger partial charge in [0.05, 0.1) is 11.1 Å². The molecule has 0 bridgehead atoms. The van der Waals surface area contributed by atoms with Crippen molar-refractivity contribution in [3.8, 4) is 0 Å². The van der Waals surface area contributed by atoms with Gasteiger partial charge in [0.25, 0.3) is 11.8 Å². The number of amides is 2. The number of esters is 1. The normalized spacial score (nSPS) is 11.7. The average Bonchev–Trinajstić information content (AvgIpc) is 3.09. The Balaban J connectivity index is 1.68. The first-order chi connectivity index (χ1) is 12.5. The van der Waals surface area contributed by atoms with Crippen LogP contribution in [0.4, 0.5) is 5.00 Å². The van der Waals surface area contributed by atoms with Gasteiger partial charge in [0, 0.05) is 0 Å². The van der Waals surface area contributed by atoms with E-state index in [1.807, 2.05) is 30.3 Å². The Hall–Kier alpha value is -3.19. The Bertz CT molecular complexity index is 996. The summed E-state index contributed by atoms with van der Waals surface area (Å²) < 4.78 is 5.23. The molecule has 7 heteroatoms. The first-order valence-corrected chi connectivity index (χ1v) is 8.71. The predicted octanol–water partition coefficient (Wildman–Crippen LogP) is 3.18. The third kappa shape index (κ3) is 3.73. The molecule has 1 atom stereocenters. The summed E-state index contributed by atoms with van der Waals surface area (Å²) in [4.78, 5) is 35.8. The zero-order valence-corrected chi connectivity index (χ0v) is 14.7. The van der Waals surface area contributed by atoms with Gasteiger partial charge in [-0.25, -0.2) is 4.79 Å². The van der Waals surface area contributed by atoms with Crippen molar-refractivity contribution in [2.24, 2.45) is 5.73 Å². The Morgan fingerprint density at radius 2 is 1.81 bits per heavy atom. The number of fused-ring (bicyclic) bond motifs is 1. The molecule has 0 aliphatic heterocycles. The van der Waals surface area contributed by atoms with E-state index in [9.17, 15) is 14.4 Å². The van der Waals surface area contributed by atoms with Crippen molar-refractivity contribution in [3.05, 3.63) is 65.0 Å². The molecule has 0 saturated heterocycles. The molecule has 0 saturated carbocycles. The number of ether oxygens (including phenoxy) is 1. The van der Waals surface area contributed by atoms with Gasteiger partial charge in [-0.05, 0) is 41.3 Å². The smallest absolute Gasteiger partial charge is 0.338 e. The maximum atomic E-state index is 12.3. The van der Waals surface area contributed by atoms with Crippen molar-refractivity contribution in [1.82, 2.24) is 0 Å². The first-order valence-electron chi connectivity index (χ1n) is 7.83. The Kier molecular flexibility index (Phi) is 4.99. The summed E-state index contributed by atoms with van der Waals surface area (Å²) in [6.07, 6.45) is -1.03. The third-order valence-corrected chi connectivity index (χ3v) is 4.64. The van der Waals surface area contributed by atoms with Gasteiger partial charge in [0.1, 0.15) is 5.00 Å². The second-order valence-corrected chi connectivity index (χ2v) is 6.54. The number of hydrogen-bond donors (Lipinski definition) is 2. The fourth-order valence-corrected chi connectivity index (χ4v) is 3.21. The van der Waals surface area contributed by atoms with E-state index in [0.717, 1.165) is 10.8 Å². The molecule has 0 unspecified atom stereocenters. The van der Waals surface area contributed by atoms with Gasteiger partial charge >= 0.3 is 5.97 Å². The second-order valence-electron chi connectivity index (χ2n) is 5.63. The Morgan fingerprint density at radius 1 is 1.08 bits per heavy atom. The van der Waals surface area contributed by atoms with Crippen LogP contribution in [0.2, 0.25) is 0 Å². The van der Waals surface area contributed by atoms with Crippen LogP contribution in [0.1, 0.15) is 27.6 Å². The summed E-state index contributed by atoms with van der Waals surface area (Å²) in [5, 5.41) is 6.44. The molecule has 2 aromatic carbocycles. The fourth-order valence-electron chi connectivity index (χ4n) is 2.41. The molecule has 3 aromatic rings. The van der Waals surface area contributed by atoms with Crippen molar-refractivity contribution >= 4 is 44.9 Å². The maximum absolute atomic E-state index is 12.3. The number of hydrogen-bond acceptors (Lipinski definition) is 5. The number of carbonyl (C=O) groups is 3. The summed E-state index contributed by atoms with van der Waals surface area (Å²) in [5.74, 6) is -1.77. The minimum atomic E-state index is -1.03. The molecular formula is C19H16N2O4S. The standard InChI is InChI=1S/C19H16N2O4S/c1-11(17(23)21-18-15(16(20)22)8-9-26-18)25-19(24)14-7-6-12-4-2-3-5-13(12)10-14/h2-11H,1H3,(H2,20,22)(H,21,23)/t11-/m1/s1. The zero-order valence-electron chi connectivity index (χ0n) is 13.9. The molecule has 6 nitrogen and oxygen atoms in total. The molecule has 0 aliphatic rings.